The molecule has 0 radical (unpaired) electrons. The molecule has 0 saturated heterocycles. The van der Waals surface area contributed by atoms with E-state index >= 15 is 0 Å². The monoisotopic (exact) mass is 386 g/mol. The lowest BCUT2D eigenvalue weighted by Gasteiger charge is -2.03. The molecule has 1 N–H and O–H groups in total. The highest BCUT2D eigenvalue weighted by atomic mass is 79.9. The Hall–Kier alpha value is -1.98. The van der Waals surface area contributed by atoms with Crippen LogP contribution in [0.4, 0.5) is 0 Å². The minimum Gasteiger partial charge on any atom is -0.346 e. The number of nitrogens with zero attached hydrogens (tertiary/aromatic N) is 1. The third-order valence-corrected chi connectivity index (χ3v) is 4.86. The predicted molar refractivity (Wildman–Crippen MR) is 97.6 cm³/mol. The van der Waals surface area contributed by atoms with E-state index in [4.69, 9.17) is 0 Å². The van der Waals surface area contributed by atoms with Gasteiger partial charge in [-0.3, -0.25) is 4.79 Å². The molecule has 0 aliphatic heterocycles. The molecule has 1 heterocycles. The van der Waals surface area contributed by atoms with E-state index < -0.39 is 0 Å². The Morgan fingerprint density at radius 3 is 2.52 bits per heavy atom. The third-order valence-electron chi connectivity index (χ3n) is 3.39. The fourth-order valence-corrected chi connectivity index (χ4v) is 3.18. The molecule has 0 spiro atoms. The second kappa shape index (κ2) is 7.06. The standard InChI is InChI=1S/C18H15BrN2OS/c1-12-2-4-14(5-3-12)18-21-16(11-23-18)10-20-17(22)13-6-8-15(19)9-7-13/h2-9,11H,10H2,1H3,(H,20,22). The highest BCUT2D eigenvalue weighted by molar-refractivity contribution is 9.10. The Morgan fingerprint density at radius 2 is 1.83 bits per heavy atom. The van der Waals surface area contributed by atoms with E-state index in [-0.39, 0.29) is 5.91 Å². The first-order valence-corrected chi connectivity index (χ1v) is 8.84. The molecule has 23 heavy (non-hydrogen) atoms. The zero-order valence-corrected chi connectivity index (χ0v) is 14.9. The fourth-order valence-electron chi connectivity index (χ4n) is 2.09. The van der Waals surface area contributed by atoms with Gasteiger partial charge in [-0.15, -0.1) is 11.3 Å². The number of aryl methyl sites for hydroxylation is 1. The first kappa shape index (κ1) is 15.9. The van der Waals surface area contributed by atoms with Crippen LogP contribution in [0.25, 0.3) is 10.6 Å². The maximum atomic E-state index is 12.1. The smallest absolute Gasteiger partial charge is 0.251 e. The molecule has 116 valence electrons. The normalized spacial score (nSPS) is 10.5. The summed E-state index contributed by atoms with van der Waals surface area (Å²) in [5, 5.41) is 5.85. The lowest BCUT2D eigenvalue weighted by Crippen LogP contribution is -2.22. The van der Waals surface area contributed by atoms with Crippen LogP contribution in [0, 0.1) is 6.92 Å². The number of benzene rings is 2. The summed E-state index contributed by atoms with van der Waals surface area (Å²) in [7, 11) is 0. The molecule has 3 aromatic rings. The summed E-state index contributed by atoms with van der Waals surface area (Å²) in [6, 6.07) is 15.6. The molecule has 0 unspecified atom stereocenters. The summed E-state index contributed by atoms with van der Waals surface area (Å²) in [6.45, 7) is 2.49. The van der Waals surface area contributed by atoms with Crippen molar-refractivity contribution in [1.29, 1.82) is 0 Å². The molecular weight excluding hydrogens is 372 g/mol. The van der Waals surface area contributed by atoms with Gasteiger partial charge in [0.2, 0.25) is 0 Å². The topological polar surface area (TPSA) is 42.0 Å². The van der Waals surface area contributed by atoms with Crippen LogP contribution >= 0.6 is 27.3 Å². The lowest BCUT2D eigenvalue weighted by molar-refractivity contribution is 0.0950. The molecule has 1 amide bonds. The Balaban J connectivity index is 1.64. The van der Waals surface area contributed by atoms with Crippen LogP contribution < -0.4 is 5.32 Å². The zero-order chi connectivity index (χ0) is 16.2. The SMILES string of the molecule is Cc1ccc(-c2nc(CNC(=O)c3ccc(Br)cc3)cs2)cc1. The molecule has 3 nitrogen and oxygen atoms in total. The fraction of sp³-hybridized carbons (Fsp3) is 0.111. The van der Waals surface area contributed by atoms with E-state index in [0.717, 1.165) is 20.7 Å². The average Bonchev–Trinajstić information content (AvgIpc) is 3.03. The first-order chi connectivity index (χ1) is 11.1. The van der Waals surface area contributed by atoms with E-state index in [9.17, 15) is 4.79 Å². The Bertz CT molecular complexity index is 810. The maximum absolute atomic E-state index is 12.1. The molecular formula is C18H15BrN2OS. The van der Waals surface area contributed by atoms with Gasteiger partial charge in [-0.25, -0.2) is 4.98 Å². The Labute approximate surface area is 147 Å². The van der Waals surface area contributed by atoms with Crippen molar-refractivity contribution in [2.75, 3.05) is 0 Å². The predicted octanol–water partition coefficient (Wildman–Crippen LogP) is 4.81. The lowest BCUT2D eigenvalue weighted by atomic mass is 10.2. The Kier molecular flexibility index (Phi) is 4.88. The van der Waals surface area contributed by atoms with Gasteiger partial charge in [0.1, 0.15) is 5.01 Å². The molecule has 3 rings (SSSR count). The molecule has 0 fully saturated rings. The van der Waals surface area contributed by atoms with Gasteiger partial charge < -0.3 is 5.32 Å². The van der Waals surface area contributed by atoms with Crippen molar-refractivity contribution >= 4 is 33.2 Å². The highest BCUT2D eigenvalue weighted by Crippen LogP contribution is 2.24. The van der Waals surface area contributed by atoms with Crippen LogP contribution in [0.2, 0.25) is 0 Å². The second-order valence-corrected chi connectivity index (χ2v) is 6.97. The number of hydrogen-bond donors (Lipinski definition) is 1. The molecule has 0 aliphatic carbocycles. The van der Waals surface area contributed by atoms with Gasteiger partial charge in [0.25, 0.3) is 5.91 Å². The van der Waals surface area contributed by atoms with Crippen LogP contribution in [0.1, 0.15) is 21.6 Å². The summed E-state index contributed by atoms with van der Waals surface area (Å²) >= 11 is 4.95. The molecule has 0 atom stereocenters. The molecule has 2 aromatic carbocycles. The Morgan fingerprint density at radius 1 is 1.13 bits per heavy atom. The number of nitrogens with one attached hydrogen (secondary N) is 1. The quantitative estimate of drug-likeness (QED) is 0.698. The van der Waals surface area contributed by atoms with Gasteiger partial charge >= 0.3 is 0 Å². The van der Waals surface area contributed by atoms with E-state index in [2.05, 4.69) is 57.4 Å². The van der Waals surface area contributed by atoms with Crippen molar-refractivity contribution in [3.05, 3.63) is 75.2 Å². The minimum atomic E-state index is -0.0950. The number of amides is 1. The van der Waals surface area contributed by atoms with Gasteiger partial charge in [-0.05, 0) is 31.2 Å². The van der Waals surface area contributed by atoms with Crippen LogP contribution in [0.5, 0.6) is 0 Å². The molecule has 1 aromatic heterocycles. The summed E-state index contributed by atoms with van der Waals surface area (Å²) in [4.78, 5) is 16.7. The number of aromatic nitrogens is 1. The number of carbonyl (C=O) groups excluding carboxylic acids is 1. The molecule has 0 aliphatic rings. The summed E-state index contributed by atoms with van der Waals surface area (Å²) in [6.07, 6.45) is 0. The summed E-state index contributed by atoms with van der Waals surface area (Å²) in [5.74, 6) is -0.0950. The van der Waals surface area contributed by atoms with Crippen molar-refractivity contribution in [2.45, 2.75) is 13.5 Å². The van der Waals surface area contributed by atoms with Gasteiger partial charge in [0, 0.05) is 21.0 Å². The molecule has 0 saturated carbocycles. The molecule has 5 heteroatoms. The number of halogens is 1. The minimum absolute atomic E-state index is 0.0950. The van der Waals surface area contributed by atoms with Gasteiger partial charge in [0.05, 0.1) is 12.2 Å². The van der Waals surface area contributed by atoms with E-state index in [1.165, 1.54) is 5.56 Å². The number of rotatable bonds is 4. The van der Waals surface area contributed by atoms with Gasteiger partial charge in [0.15, 0.2) is 0 Å². The van der Waals surface area contributed by atoms with Crippen molar-refractivity contribution in [1.82, 2.24) is 10.3 Å². The van der Waals surface area contributed by atoms with Crippen molar-refractivity contribution in [2.24, 2.45) is 0 Å². The number of thiazole rings is 1. The van der Waals surface area contributed by atoms with E-state index in [0.29, 0.717) is 12.1 Å². The van der Waals surface area contributed by atoms with Crippen LogP contribution in [0.15, 0.2) is 58.4 Å². The summed E-state index contributed by atoms with van der Waals surface area (Å²) < 4.78 is 0.955. The second-order valence-electron chi connectivity index (χ2n) is 5.20. The van der Waals surface area contributed by atoms with Crippen molar-refractivity contribution in [3.8, 4) is 10.6 Å². The number of hydrogen-bond acceptors (Lipinski definition) is 3. The van der Waals surface area contributed by atoms with E-state index in [1.54, 1.807) is 23.5 Å². The van der Waals surface area contributed by atoms with Gasteiger partial charge in [-0.1, -0.05) is 45.8 Å². The van der Waals surface area contributed by atoms with Crippen LogP contribution in [-0.2, 0) is 6.54 Å². The van der Waals surface area contributed by atoms with E-state index in [1.807, 2.05) is 17.5 Å². The largest absolute Gasteiger partial charge is 0.346 e. The third kappa shape index (κ3) is 4.06. The number of carbonyl (C=O) groups is 1. The van der Waals surface area contributed by atoms with Crippen LogP contribution in [-0.4, -0.2) is 10.9 Å². The highest BCUT2D eigenvalue weighted by Gasteiger charge is 2.08. The summed E-state index contributed by atoms with van der Waals surface area (Å²) in [5.41, 5.74) is 3.84. The first-order valence-electron chi connectivity index (χ1n) is 7.17. The molecule has 0 bridgehead atoms. The van der Waals surface area contributed by atoms with Crippen LogP contribution in [0.3, 0.4) is 0 Å². The van der Waals surface area contributed by atoms with Crippen molar-refractivity contribution < 1.29 is 4.79 Å². The maximum Gasteiger partial charge on any atom is 0.251 e. The average molecular weight is 387 g/mol. The van der Waals surface area contributed by atoms with Crippen molar-refractivity contribution in [3.63, 3.8) is 0 Å². The zero-order valence-electron chi connectivity index (χ0n) is 12.5. The van der Waals surface area contributed by atoms with Gasteiger partial charge in [-0.2, -0.15) is 0 Å².